The summed E-state index contributed by atoms with van der Waals surface area (Å²) in [6.45, 7) is 5.44. The lowest BCUT2D eigenvalue weighted by Crippen LogP contribution is -2.33. The van der Waals surface area contributed by atoms with Crippen LogP contribution < -0.4 is 5.32 Å². The van der Waals surface area contributed by atoms with Crippen molar-refractivity contribution in [1.29, 1.82) is 0 Å². The molecule has 1 aliphatic heterocycles. The Labute approximate surface area is 120 Å². The average Bonchev–Trinajstić information content (AvgIpc) is 2.83. The quantitative estimate of drug-likeness (QED) is 0.556. The summed E-state index contributed by atoms with van der Waals surface area (Å²) in [4.78, 5) is 0. The van der Waals surface area contributed by atoms with Crippen LogP contribution in [-0.2, 0) is 4.74 Å². The van der Waals surface area contributed by atoms with Crippen molar-refractivity contribution < 1.29 is 4.74 Å². The van der Waals surface area contributed by atoms with Gasteiger partial charge in [-0.3, -0.25) is 0 Å². The van der Waals surface area contributed by atoms with Crippen LogP contribution in [0.3, 0.4) is 0 Å². The van der Waals surface area contributed by atoms with Gasteiger partial charge in [-0.1, -0.05) is 58.3 Å². The van der Waals surface area contributed by atoms with Gasteiger partial charge in [0.15, 0.2) is 0 Å². The zero-order valence-electron chi connectivity index (χ0n) is 13.4. The number of unbranched alkanes of at least 4 members (excludes halogenated alkanes) is 7. The van der Waals surface area contributed by atoms with Gasteiger partial charge in [0.1, 0.15) is 0 Å². The first-order chi connectivity index (χ1) is 9.27. The van der Waals surface area contributed by atoms with E-state index in [0.717, 1.165) is 12.5 Å². The number of ether oxygens (including phenoxy) is 1. The van der Waals surface area contributed by atoms with E-state index in [1.807, 2.05) is 0 Å². The second-order valence-electron chi connectivity index (χ2n) is 6.30. The van der Waals surface area contributed by atoms with Gasteiger partial charge in [-0.25, -0.2) is 0 Å². The lowest BCUT2D eigenvalue weighted by atomic mass is 9.92. The third-order valence-electron chi connectivity index (χ3n) is 4.54. The van der Waals surface area contributed by atoms with E-state index in [4.69, 9.17) is 4.74 Å². The van der Waals surface area contributed by atoms with Crippen molar-refractivity contribution in [2.45, 2.75) is 90.2 Å². The van der Waals surface area contributed by atoms with Gasteiger partial charge in [0.25, 0.3) is 0 Å². The normalized spacial score (nSPS) is 24.8. The van der Waals surface area contributed by atoms with Crippen LogP contribution in [-0.4, -0.2) is 25.8 Å². The Hall–Kier alpha value is -0.0800. The van der Waals surface area contributed by atoms with Crippen LogP contribution in [0.2, 0.25) is 0 Å². The first-order valence-corrected chi connectivity index (χ1v) is 8.56. The molecule has 3 unspecified atom stereocenters. The van der Waals surface area contributed by atoms with Gasteiger partial charge in [0.2, 0.25) is 0 Å². The van der Waals surface area contributed by atoms with Crippen LogP contribution in [0.4, 0.5) is 0 Å². The van der Waals surface area contributed by atoms with Crippen LogP contribution in [0.25, 0.3) is 0 Å². The van der Waals surface area contributed by atoms with Gasteiger partial charge in [-0.15, -0.1) is 0 Å². The number of hydrogen-bond donors (Lipinski definition) is 1. The van der Waals surface area contributed by atoms with Crippen molar-refractivity contribution in [1.82, 2.24) is 5.32 Å². The fourth-order valence-corrected chi connectivity index (χ4v) is 3.24. The molecular formula is C17H35NO. The van der Waals surface area contributed by atoms with E-state index >= 15 is 0 Å². The Morgan fingerprint density at radius 1 is 1.05 bits per heavy atom. The second-order valence-corrected chi connectivity index (χ2v) is 6.30. The molecule has 0 aromatic carbocycles. The van der Waals surface area contributed by atoms with E-state index in [2.05, 4.69) is 26.2 Å². The highest BCUT2D eigenvalue weighted by molar-refractivity contribution is 4.81. The molecule has 0 radical (unpaired) electrons. The van der Waals surface area contributed by atoms with Gasteiger partial charge < -0.3 is 10.1 Å². The topological polar surface area (TPSA) is 21.3 Å². The Bertz CT molecular complexity index is 207. The summed E-state index contributed by atoms with van der Waals surface area (Å²) in [5, 5.41) is 3.50. The van der Waals surface area contributed by atoms with Crippen LogP contribution in [0.15, 0.2) is 0 Å². The maximum atomic E-state index is 5.69. The molecule has 0 aliphatic carbocycles. The third kappa shape index (κ3) is 7.31. The van der Waals surface area contributed by atoms with Crippen molar-refractivity contribution in [3.05, 3.63) is 0 Å². The monoisotopic (exact) mass is 269 g/mol. The highest BCUT2D eigenvalue weighted by Crippen LogP contribution is 2.25. The van der Waals surface area contributed by atoms with Crippen molar-refractivity contribution in [3.63, 3.8) is 0 Å². The molecule has 0 amide bonds. The van der Waals surface area contributed by atoms with Crippen molar-refractivity contribution in [2.24, 2.45) is 5.92 Å². The van der Waals surface area contributed by atoms with E-state index in [0.29, 0.717) is 12.1 Å². The number of hydrogen-bond acceptors (Lipinski definition) is 2. The maximum Gasteiger partial charge on any atom is 0.0551 e. The summed E-state index contributed by atoms with van der Waals surface area (Å²) in [7, 11) is 2.11. The predicted molar refractivity (Wildman–Crippen MR) is 83.6 cm³/mol. The smallest absolute Gasteiger partial charge is 0.0551 e. The summed E-state index contributed by atoms with van der Waals surface area (Å²) in [6.07, 6.45) is 14.3. The molecule has 1 N–H and O–H groups in total. The molecule has 1 heterocycles. The Morgan fingerprint density at radius 2 is 1.68 bits per heavy atom. The molecule has 1 saturated heterocycles. The minimum atomic E-state index is 0.472. The standard InChI is InChI=1S/C17H35NO/c1-4-5-6-7-8-9-10-11-12-17(18-3)16-13-15(2)19-14-16/h15-18H,4-14H2,1-3H3. The van der Waals surface area contributed by atoms with Gasteiger partial charge >= 0.3 is 0 Å². The first-order valence-electron chi connectivity index (χ1n) is 8.56. The summed E-state index contributed by atoms with van der Waals surface area (Å²) >= 11 is 0. The molecule has 0 aromatic rings. The zero-order valence-corrected chi connectivity index (χ0v) is 13.4. The van der Waals surface area contributed by atoms with Crippen LogP contribution in [0, 0.1) is 5.92 Å². The maximum absolute atomic E-state index is 5.69. The van der Waals surface area contributed by atoms with Crippen LogP contribution in [0.5, 0.6) is 0 Å². The van der Waals surface area contributed by atoms with Gasteiger partial charge in [-0.2, -0.15) is 0 Å². The molecule has 1 fully saturated rings. The highest BCUT2D eigenvalue weighted by Gasteiger charge is 2.28. The highest BCUT2D eigenvalue weighted by atomic mass is 16.5. The lowest BCUT2D eigenvalue weighted by molar-refractivity contribution is 0.116. The van der Waals surface area contributed by atoms with Gasteiger partial charge in [0.05, 0.1) is 12.7 Å². The fraction of sp³-hybridized carbons (Fsp3) is 1.00. The fourth-order valence-electron chi connectivity index (χ4n) is 3.24. The molecule has 1 aliphatic rings. The van der Waals surface area contributed by atoms with Gasteiger partial charge in [0, 0.05) is 12.0 Å². The lowest BCUT2D eigenvalue weighted by Gasteiger charge is -2.21. The van der Waals surface area contributed by atoms with Gasteiger partial charge in [-0.05, 0) is 26.8 Å². The van der Waals surface area contributed by atoms with Crippen molar-refractivity contribution in [2.75, 3.05) is 13.7 Å². The molecule has 0 spiro atoms. The Balaban J connectivity index is 1.97. The van der Waals surface area contributed by atoms with Crippen LogP contribution in [0.1, 0.15) is 78.1 Å². The minimum Gasteiger partial charge on any atom is -0.378 e. The summed E-state index contributed by atoms with van der Waals surface area (Å²) in [6, 6.07) is 0.671. The van der Waals surface area contributed by atoms with Crippen LogP contribution >= 0.6 is 0 Å². The molecule has 19 heavy (non-hydrogen) atoms. The molecule has 1 rings (SSSR count). The summed E-state index contributed by atoms with van der Waals surface area (Å²) in [5.74, 6) is 0.740. The Morgan fingerprint density at radius 3 is 2.21 bits per heavy atom. The largest absolute Gasteiger partial charge is 0.378 e. The average molecular weight is 269 g/mol. The van der Waals surface area contributed by atoms with Crippen molar-refractivity contribution >= 4 is 0 Å². The second kappa shape index (κ2) is 10.7. The molecule has 2 heteroatoms. The molecule has 0 saturated carbocycles. The molecule has 0 aromatic heterocycles. The summed E-state index contributed by atoms with van der Waals surface area (Å²) < 4.78 is 5.69. The zero-order chi connectivity index (χ0) is 13.9. The number of nitrogens with one attached hydrogen (secondary N) is 1. The molecule has 2 nitrogen and oxygen atoms in total. The Kier molecular flexibility index (Phi) is 9.54. The third-order valence-corrected chi connectivity index (χ3v) is 4.54. The molecular weight excluding hydrogens is 234 g/mol. The van der Waals surface area contributed by atoms with E-state index in [9.17, 15) is 0 Å². The summed E-state index contributed by atoms with van der Waals surface area (Å²) in [5.41, 5.74) is 0. The molecule has 0 bridgehead atoms. The minimum absolute atomic E-state index is 0.472. The predicted octanol–water partition coefficient (Wildman–Crippen LogP) is 4.53. The van der Waals surface area contributed by atoms with E-state index in [1.165, 1.54) is 64.2 Å². The van der Waals surface area contributed by atoms with E-state index in [1.54, 1.807) is 0 Å². The SMILES string of the molecule is CCCCCCCCCCC(NC)C1COC(C)C1. The first kappa shape index (κ1) is 17.0. The molecule has 114 valence electrons. The van der Waals surface area contributed by atoms with E-state index < -0.39 is 0 Å². The van der Waals surface area contributed by atoms with E-state index in [-0.39, 0.29) is 0 Å². The van der Waals surface area contributed by atoms with Crippen molar-refractivity contribution in [3.8, 4) is 0 Å². The number of rotatable bonds is 11. The molecule has 3 atom stereocenters.